The summed E-state index contributed by atoms with van der Waals surface area (Å²) in [5.41, 5.74) is 4.03. The van der Waals surface area contributed by atoms with Crippen LogP contribution in [-0.2, 0) is 9.53 Å². The summed E-state index contributed by atoms with van der Waals surface area (Å²) in [5.74, 6) is -0.928. The van der Waals surface area contributed by atoms with Crippen LogP contribution in [-0.4, -0.2) is 43.4 Å². The first-order valence-electron chi connectivity index (χ1n) is 5.93. The smallest absolute Gasteiger partial charge is 0.264 e. The third-order valence-corrected chi connectivity index (χ3v) is 5.89. The molecule has 20 heavy (non-hydrogen) atoms. The van der Waals surface area contributed by atoms with Gasteiger partial charge in [0.1, 0.15) is 6.33 Å². The Morgan fingerprint density at radius 3 is 2.70 bits per heavy atom. The van der Waals surface area contributed by atoms with Gasteiger partial charge in [0, 0.05) is 24.6 Å². The lowest BCUT2D eigenvalue weighted by atomic mass is 9.92. The molecule has 0 saturated carbocycles. The van der Waals surface area contributed by atoms with Crippen molar-refractivity contribution in [3.63, 3.8) is 0 Å². The first-order valence-corrected chi connectivity index (χ1v) is 8.15. The highest BCUT2D eigenvalue weighted by Gasteiger charge is 2.67. The molecule has 1 aromatic rings. The van der Waals surface area contributed by atoms with Gasteiger partial charge in [-0.05, 0) is 17.2 Å². The molecule has 2 heterocycles. The summed E-state index contributed by atoms with van der Waals surface area (Å²) in [7, 11) is 1.83. The minimum Gasteiger partial charge on any atom is -0.367 e. The van der Waals surface area contributed by atoms with Gasteiger partial charge in [-0.1, -0.05) is 17.7 Å². The third-order valence-electron chi connectivity index (χ3n) is 2.90. The molecule has 1 aliphatic rings. The number of aromatic nitrogens is 2. The number of hydrogen-bond donors (Lipinski definition) is 3. The second-order valence-corrected chi connectivity index (χ2v) is 6.77. The first kappa shape index (κ1) is 15.5. The molecular formula is C11H15N3O4S2. The van der Waals surface area contributed by atoms with Crippen molar-refractivity contribution in [2.24, 2.45) is 5.73 Å². The van der Waals surface area contributed by atoms with Crippen LogP contribution in [0.3, 0.4) is 0 Å². The van der Waals surface area contributed by atoms with Gasteiger partial charge in [-0.25, -0.2) is 9.97 Å². The minimum atomic E-state index is -2.42. The number of ether oxygens (including phenoxy) is 1. The Bertz CT molecular complexity index is 488. The summed E-state index contributed by atoms with van der Waals surface area (Å²) < 4.78 is 5.51. The normalized spacial score (nSPS) is 28.4. The number of hydrogen-bond acceptors (Lipinski definition) is 8. The third kappa shape index (κ3) is 2.40. The molecule has 2 rings (SSSR count). The average Bonchev–Trinajstić information content (AvgIpc) is 2.69. The van der Waals surface area contributed by atoms with Gasteiger partial charge in [-0.15, -0.1) is 0 Å². The van der Waals surface area contributed by atoms with Crippen molar-refractivity contribution in [1.82, 2.24) is 9.97 Å². The van der Waals surface area contributed by atoms with Gasteiger partial charge in [0.15, 0.2) is 0 Å². The zero-order valence-electron chi connectivity index (χ0n) is 10.7. The quantitative estimate of drug-likeness (QED) is 0.520. The highest BCUT2D eigenvalue weighted by Crippen LogP contribution is 2.63. The predicted octanol–water partition coefficient (Wildman–Crippen LogP) is 0.202. The maximum Gasteiger partial charge on any atom is 0.264 e. The Hall–Kier alpha value is -0.870. The van der Waals surface area contributed by atoms with Crippen molar-refractivity contribution in [1.29, 1.82) is 0 Å². The van der Waals surface area contributed by atoms with E-state index in [1.807, 2.05) is 6.92 Å². The Labute approximate surface area is 123 Å². The number of amides is 1. The summed E-state index contributed by atoms with van der Waals surface area (Å²) >= 11 is 0. The molecular weight excluding hydrogens is 302 g/mol. The van der Waals surface area contributed by atoms with Gasteiger partial charge in [-0.3, -0.25) is 4.79 Å². The van der Waals surface area contributed by atoms with Gasteiger partial charge in [-0.2, -0.15) is 0 Å². The van der Waals surface area contributed by atoms with E-state index < -0.39 is 21.9 Å². The SMILES string of the molecule is CCCOC1(C(N)=O)C(c2cncnc2)SSC1(O)O. The molecule has 0 aliphatic carbocycles. The number of primary amides is 1. The van der Waals surface area contributed by atoms with Crippen LogP contribution in [0.1, 0.15) is 24.2 Å². The molecule has 1 aromatic heterocycles. The fourth-order valence-corrected chi connectivity index (χ4v) is 5.17. The molecule has 2 atom stereocenters. The molecule has 7 nitrogen and oxygen atoms in total. The summed E-state index contributed by atoms with van der Waals surface area (Å²) in [6.07, 6.45) is 4.96. The van der Waals surface area contributed by atoms with Crippen LogP contribution in [0.2, 0.25) is 0 Å². The van der Waals surface area contributed by atoms with Crippen LogP contribution >= 0.6 is 21.6 Å². The molecule has 9 heteroatoms. The van der Waals surface area contributed by atoms with E-state index in [-0.39, 0.29) is 6.61 Å². The lowest BCUT2D eigenvalue weighted by Gasteiger charge is -2.37. The molecule has 4 N–H and O–H groups in total. The fraction of sp³-hybridized carbons (Fsp3) is 0.545. The summed E-state index contributed by atoms with van der Waals surface area (Å²) in [6.45, 7) is 2.03. The molecule has 0 aromatic carbocycles. The van der Waals surface area contributed by atoms with E-state index in [4.69, 9.17) is 10.5 Å². The van der Waals surface area contributed by atoms with Gasteiger partial charge in [0.05, 0.1) is 5.25 Å². The number of nitrogens with two attached hydrogens (primary N) is 1. The van der Waals surface area contributed by atoms with Crippen molar-refractivity contribution in [2.75, 3.05) is 6.61 Å². The van der Waals surface area contributed by atoms with Gasteiger partial charge in [0.2, 0.25) is 5.60 Å². The lowest BCUT2D eigenvalue weighted by Crippen LogP contribution is -2.61. The molecule has 0 radical (unpaired) electrons. The number of carbonyl (C=O) groups excluding carboxylic acids is 1. The van der Waals surface area contributed by atoms with Crippen molar-refractivity contribution in [3.05, 3.63) is 24.3 Å². The van der Waals surface area contributed by atoms with Crippen LogP contribution in [0.15, 0.2) is 18.7 Å². The van der Waals surface area contributed by atoms with Gasteiger partial charge in [0.25, 0.3) is 11.0 Å². The van der Waals surface area contributed by atoms with Crippen molar-refractivity contribution in [3.8, 4) is 0 Å². The van der Waals surface area contributed by atoms with E-state index in [2.05, 4.69) is 9.97 Å². The summed E-state index contributed by atoms with van der Waals surface area (Å²) in [4.78, 5) is 19.7. The summed E-state index contributed by atoms with van der Waals surface area (Å²) in [5, 5.41) is 17.2. The number of carbonyl (C=O) groups is 1. The van der Waals surface area contributed by atoms with E-state index in [0.717, 1.165) is 21.6 Å². The molecule has 1 saturated heterocycles. The minimum absolute atomic E-state index is 0.178. The monoisotopic (exact) mass is 317 g/mol. The van der Waals surface area contributed by atoms with E-state index in [9.17, 15) is 15.0 Å². The number of aliphatic hydroxyl groups is 2. The zero-order valence-corrected chi connectivity index (χ0v) is 12.4. The zero-order chi connectivity index (χ0) is 14.8. The van der Waals surface area contributed by atoms with Crippen molar-refractivity contribution >= 4 is 27.5 Å². The molecule has 0 spiro atoms. The van der Waals surface area contributed by atoms with E-state index in [1.165, 1.54) is 18.7 Å². The Morgan fingerprint density at radius 1 is 1.50 bits per heavy atom. The number of rotatable bonds is 5. The largest absolute Gasteiger partial charge is 0.367 e. The second kappa shape index (κ2) is 5.86. The average molecular weight is 317 g/mol. The van der Waals surface area contributed by atoms with Crippen LogP contribution < -0.4 is 5.73 Å². The van der Waals surface area contributed by atoms with Crippen molar-refractivity contribution in [2.45, 2.75) is 29.3 Å². The lowest BCUT2D eigenvalue weighted by molar-refractivity contribution is -0.225. The molecule has 1 aliphatic heterocycles. The Kier molecular flexibility index (Phi) is 4.55. The molecule has 2 unspecified atom stereocenters. The first-order chi connectivity index (χ1) is 9.45. The van der Waals surface area contributed by atoms with E-state index in [0.29, 0.717) is 12.0 Å². The number of nitrogens with zero attached hydrogens (tertiary/aromatic N) is 2. The second-order valence-electron chi connectivity index (χ2n) is 4.29. The Morgan fingerprint density at radius 2 is 2.15 bits per heavy atom. The fourth-order valence-electron chi connectivity index (χ4n) is 1.95. The Balaban J connectivity index is 2.47. The molecule has 1 fully saturated rings. The van der Waals surface area contributed by atoms with Gasteiger partial charge < -0.3 is 20.7 Å². The van der Waals surface area contributed by atoms with E-state index >= 15 is 0 Å². The molecule has 1 amide bonds. The molecule has 0 bridgehead atoms. The maximum atomic E-state index is 11.9. The highest BCUT2D eigenvalue weighted by molar-refractivity contribution is 8.77. The van der Waals surface area contributed by atoms with Crippen molar-refractivity contribution < 1.29 is 19.7 Å². The van der Waals surface area contributed by atoms with Gasteiger partial charge >= 0.3 is 0 Å². The maximum absolute atomic E-state index is 11.9. The van der Waals surface area contributed by atoms with Crippen LogP contribution in [0.4, 0.5) is 0 Å². The highest BCUT2D eigenvalue weighted by atomic mass is 33.1. The van der Waals surface area contributed by atoms with Crippen LogP contribution in [0, 0.1) is 0 Å². The summed E-state index contributed by atoms with van der Waals surface area (Å²) in [6, 6.07) is 0. The van der Waals surface area contributed by atoms with Crippen LogP contribution in [0.25, 0.3) is 0 Å². The van der Waals surface area contributed by atoms with Crippen LogP contribution in [0.5, 0.6) is 0 Å². The topological polar surface area (TPSA) is 119 Å². The molecule has 110 valence electrons. The van der Waals surface area contributed by atoms with E-state index in [1.54, 1.807) is 0 Å². The standard InChI is InChI=1S/C11H15N3O4S2/c1-2-3-18-10(9(12)15)8(19-20-11(10,16)17)7-4-13-6-14-5-7/h4-6,8,16-17H,2-3H2,1H3,(H2,12,15). The predicted molar refractivity (Wildman–Crippen MR) is 75.3 cm³/mol.